The molecule has 0 unspecified atom stereocenters. The van der Waals surface area contributed by atoms with Crippen LogP contribution < -0.4 is 5.32 Å². The summed E-state index contributed by atoms with van der Waals surface area (Å²) in [7, 11) is 0. The van der Waals surface area contributed by atoms with E-state index in [0.717, 1.165) is 12.8 Å². The maximum atomic E-state index is 13.1. The van der Waals surface area contributed by atoms with E-state index in [1.54, 1.807) is 35.3 Å². The molecule has 160 valence electrons. The average molecular weight is 442 g/mol. The fourth-order valence-electron chi connectivity index (χ4n) is 3.21. The number of rotatable bonds is 8. The summed E-state index contributed by atoms with van der Waals surface area (Å²) < 4.78 is 47.8. The molecular formula is C19H19ClF3N5O2. The highest BCUT2D eigenvalue weighted by atomic mass is 35.5. The highest BCUT2D eigenvalue weighted by Crippen LogP contribution is 2.46. The lowest BCUT2D eigenvalue weighted by atomic mass is 10.2. The van der Waals surface area contributed by atoms with Crippen molar-refractivity contribution in [3.8, 4) is 0 Å². The van der Waals surface area contributed by atoms with Gasteiger partial charge in [-0.3, -0.25) is 14.2 Å². The SMILES string of the molecule is O=C(NCCCn1nc(C(F)(F)F)c(Cl)c1C1CC1)c1ccc(Cn2cccn2)o1. The molecule has 1 N–H and O–H groups in total. The summed E-state index contributed by atoms with van der Waals surface area (Å²) in [5, 5.41) is 10.1. The second-order valence-electron chi connectivity index (χ2n) is 7.12. The third-order valence-corrected chi connectivity index (χ3v) is 5.13. The van der Waals surface area contributed by atoms with E-state index in [1.165, 1.54) is 4.68 Å². The van der Waals surface area contributed by atoms with Crippen LogP contribution >= 0.6 is 11.6 Å². The molecular weight excluding hydrogens is 423 g/mol. The molecule has 1 fully saturated rings. The summed E-state index contributed by atoms with van der Waals surface area (Å²) in [6.45, 7) is 0.896. The number of nitrogens with zero attached hydrogens (tertiary/aromatic N) is 4. The minimum Gasteiger partial charge on any atom is -0.454 e. The summed E-state index contributed by atoms with van der Waals surface area (Å²) in [5.74, 6) is 0.381. The van der Waals surface area contributed by atoms with Crippen molar-refractivity contribution in [3.63, 3.8) is 0 Å². The predicted octanol–water partition coefficient (Wildman–Crippen LogP) is 4.09. The number of furan rings is 1. The number of aromatic nitrogens is 4. The molecule has 0 aromatic carbocycles. The first kappa shape index (κ1) is 20.5. The highest BCUT2D eigenvalue weighted by molar-refractivity contribution is 6.32. The van der Waals surface area contributed by atoms with Crippen LogP contribution in [-0.2, 0) is 19.3 Å². The van der Waals surface area contributed by atoms with Gasteiger partial charge in [-0.2, -0.15) is 23.4 Å². The quantitative estimate of drug-likeness (QED) is 0.534. The van der Waals surface area contributed by atoms with E-state index in [4.69, 9.17) is 16.0 Å². The van der Waals surface area contributed by atoms with Crippen LogP contribution in [0.4, 0.5) is 13.2 Å². The van der Waals surface area contributed by atoms with Crippen LogP contribution in [0, 0.1) is 0 Å². The standard InChI is InChI=1S/C19H19ClF3N5O2/c20-15-16(12-3-4-12)28(26-17(15)19(21,22)23)10-1-7-24-18(29)14-6-5-13(30-14)11-27-9-2-8-25-27/h2,5-6,8-9,12H,1,3-4,7,10-11H2,(H,24,29). The number of carbonyl (C=O) groups excluding carboxylic acids is 1. The van der Waals surface area contributed by atoms with Gasteiger partial charge in [0.15, 0.2) is 11.5 Å². The lowest BCUT2D eigenvalue weighted by molar-refractivity contribution is -0.141. The zero-order valence-electron chi connectivity index (χ0n) is 15.8. The fourth-order valence-corrected chi connectivity index (χ4v) is 3.60. The molecule has 3 aromatic heterocycles. The van der Waals surface area contributed by atoms with Crippen molar-refractivity contribution < 1.29 is 22.4 Å². The number of hydrogen-bond acceptors (Lipinski definition) is 4. The highest BCUT2D eigenvalue weighted by Gasteiger charge is 2.41. The molecule has 4 rings (SSSR count). The van der Waals surface area contributed by atoms with Crippen LogP contribution in [-0.4, -0.2) is 32.0 Å². The smallest absolute Gasteiger partial charge is 0.436 e. The van der Waals surface area contributed by atoms with Crippen LogP contribution in [0.3, 0.4) is 0 Å². The van der Waals surface area contributed by atoms with Crippen LogP contribution in [0.2, 0.25) is 5.02 Å². The number of alkyl halides is 3. The molecule has 3 heterocycles. The Hall–Kier alpha value is -2.75. The van der Waals surface area contributed by atoms with Crippen molar-refractivity contribution in [2.24, 2.45) is 0 Å². The molecule has 0 saturated heterocycles. The maximum Gasteiger partial charge on any atom is 0.436 e. The lowest BCUT2D eigenvalue weighted by Crippen LogP contribution is -2.25. The minimum atomic E-state index is -4.59. The molecule has 7 nitrogen and oxygen atoms in total. The van der Waals surface area contributed by atoms with E-state index in [2.05, 4.69) is 15.5 Å². The number of aryl methyl sites for hydroxylation is 1. The summed E-state index contributed by atoms with van der Waals surface area (Å²) in [5.41, 5.74) is -0.611. The predicted molar refractivity (Wildman–Crippen MR) is 101 cm³/mol. The molecule has 0 bridgehead atoms. The Labute approximate surface area is 174 Å². The number of amides is 1. The number of halogens is 4. The molecule has 11 heteroatoms. The van der Waals surface area contributed by atoms with Gasteiger partial charge in [-0.05, 0) is 37.5 Å². The van der Waals surface area contributed by atoms with E-state index in [-0.39, 0.29) is 29.8 Å². The van der Waals surface area contributed by atoms with Gasteiger partial charge >= 0.3 is 6.18 Å². The zero-order chi connectivity index (χ0) is 21.3. The van der Waals surface area contributed by atoms with Gasteiger partial charge in [-0.1, -0.05) is 11.6 Å². The summed E-state index contributed by atoms with van der Waals surface area (Å²) >= 11 is 5.95. The van der Waals surface area contributed by atoms with E-state index >= 15 is 0 Å². The molecule has 1 saturated carbocycles. The first-order valence-electron chi connectivity index (χ1n) is 9.50. The minimum absolute atomic E-state index is 0.0204. The van der Waals surface area contributed by atoms with Crippen molar-refractivity contribution in [3.05, 3.63) is 58.5 Å². The first-order valence-corrected chi connectivity index (χ1v) is 9.88. The second-order valence-corrected chi connectivity index (χ2v) is 7.50. The summed E-state index contributed by atoms with van der Waals surface area (Å²) in [4.78, 5) is 12.2. The number of carbonyl (C=O) groups is 1. The topological polar surface area (TPSA) is 77.9 Å². The van der Waals surface area contributed by atoms with Gasteiger partial charge < -0.3 is 9.73 Å². The Balaban J connectivity index is 1.31. The van der Waals surface area contributed by atoms with Gasteiger partial charge in [0.25, 0.3) is 5.91 Å². The van der Waals surface area contributed by atoms with E-state index in [9.17, 15) is 18.0 Å². The van der Waals surface area contributed by atoms with Gasteiger partial charge in [-0.15, -0.1) is 0 Å². The third kappa shape index (κ3) is 4.53. The monoisotopic (exact) mass is 441 g/mol. The molecule has 0 atom stereocenters. The van der Waals surface area contributed by atoms with Crippen molar-refractivity contribution in [2.45, 2.75) is 44.4 Å². The summed E-state index contributed by atoms with van der Waals surface area (Å²) in [6.07, 6.45) is 0.853. The van der Waals surface area contributed by atoms with E-state index in [0.29, 0.717) is 24.4 Å². The fraction of sp³-hybridized carbons (Fsp3) is 0.421. The summed E-state index contributed by atoms with van der Waals surface area (Å²) in [6, 6.07) is 5.06. The molecule has 0 spiro atoms. The second kappa shape index (κ2) is 8.17. The number of hydrogen-bond donors (Lipinski definition) is 1. The van der Waals surface area contributed by atoms with Crippen LogP contribution in [0.5, 0.6) is 0 Å². The van der Waals surface area contributed by atoms with E-state index in [1.807, 2.05) is 0 Å². The third-order valence-electron chi connectivity index (χ3n) is 4.76. The maximum absolute atomic E-state index is 13.1. The van der Waals surface area contributed by atoms with Crippen molar-refractivity contribution in [2.75, 3.05) is 6.54 Å². The van der Waals surface area contributed by atoms with Gasteiger partial charge in [0.2, 0.25) is 0 Å². The zero-order valence-corrected chi connectivity index (χ0v) is 16.6. The molecule has 0 radical (unpaired) electrons. The molecule has 1 amide bonds. The van der Waals surface area contributed by atoms with Crippen molar-refractivity contribution >= 4 is 17.5 Å². The Morgan fingerprint density at radius 1 is 1.33 bits per heavy atom. The van der Waals surface area contributed by atoms with E-state index < -0.39 is 17.8 Å². The van der Waals surface area contributed by atoms with Crippen LogP contribution in [0.25, 0.3) is 0 Å². The Bertz CT molecular complexity index is 1020. The Morgan fingerprint density at radius 3 is 2.80 bits per heavy atom. The molecule has 30 heavy (non-hydrogen) atoms. The Kier molecular flexibility index (Phi) is 5.59. The molecule has 3 aromatic rings. The Morgan fingerprint density at radius 2 is 2.13 bits per heavy atom. The lowest BCUT2D eigenvalue weighted by Gasteiger charge is -2.07. The molecule has 1 aliphatic carbocycles. The largest absolute Gasteiger partial charge is 0.454 e. The van der Waals surface area contributed by atoms with Gasteiger partial charge in [0, 0.05) is 31.4 Å². The first-order chi connectivity index (χ1) is 14.3. The van der Waals surface area contributed by atoms with Crippen LogP contribution in [0.1, 0.15) is 52.9 Å². The number of nitrogens with one attached hydrogen (secondary N) is 1. The molecule has 1 aliphatic rings. The van der Waals surface area contributed by atoms with Gasteiger partial charge in [0.1, 0.15) is 5.76 Å². The van der Waals surface area contributed by atoms with Crippen molar-refractivity contribution in [1.29, 1.82) is 0 Å². The molecule has 0 aliphatic heterocycles. The van der Waals surface area contributed by atoms with Gasteiger partial charge in [-0.25, -0.2) is 0 Å². The van der Waals surface area contributed by atoms with Gasteiger partial charge in [0.05, 0.1) is 17.3 Å². The van der Waals surface area contributed by atoms with Crippen LogP contribution in [0.15, 0.2) is 35.0 Å². The average Bonchev–Trinajstić information content (AvgIpc) is 3.07. The normalized spacial score (nSPS) is 14.3. The van der Waals surface area contributed by atoms with Crippen molar-refractivity contribution in [1.82, 2.24) is 24.9 Å².